The van der Waals surface area contributed by atoms with E-state index in [0.29, 0.717) is 22.5 Å². The van der Waals surface area contributed by atoms with E-state index >= 15 is 0 Å². The number of ether oxygens (including phenoxy) is 2. The van der Waals surface area contributed by atoms with E-state index in [1.54, 1.807) is 43.5 Å². The van der Waals surface area contributed by atoms with Gasteiger partial charge < -0.3 is 18.9 Å². The van der Waals surface area contributed by atoms with Gasteiger partial charge in [0.2, 0.25) is 5.78 Å². The van der Waals surface area contributed by atoms with Crippen LogP contribution in [0.5, 0.6) is 0 Å². The lowest BCUT2D eigenvalue weighted by atomic mass is 10.1. The number of fused-ring (bicyclic) bond motifs is 1. The molecule has 3 aromatic rings. The predicted octanol–water partition coefficient (Wildman–Crippen LogP) is 2.88. The first-order valence-electron chi connectivity index (χ1n) is 8.88. The van der Waals surface area contributed by atoms with Gasteiger partial charge in [-0.1, -0.05) is 6.07 Å². The fraction of sp³-hybridized carbons (Fsp3) is 0.300. The van der Waals surface area contributed by atoms with E-state index in [4.69, 9.17) is 9.47 Å². The highest BCUT2D eigenvalue weighted by Crippen LogP contribution is 2.21. The van der Waals surface area contributed by atoms with E-state index in [-0.39, 0.29) is 18.0 Å². The zero-order chi connectivity index (χ0) is 20.4. The molecular weight excluding hydrogens is 362 g/mol. The maximum absolute atomic E-state index is 12.8. The van der Waals surface area contributed by atoms with Crippen molar-refractivity contribution < 1.29 is 23.9 Å². The summed E-state index contributed by atoms with van der Waals surface area (Å²) in [4.78, 5) is 44.3. The molecule has 0 fully saturated rings. The number of ketones is 1. The number of pyridine rings is 1. The molecular formula is C20H21N3O5. The van der Waals surface area contributed by atoms with Crippen LogP contribution in [0, 0.1) is 13.8 Å². The van der Waals surface area contributed by atoms with Crippen LogP contribution in [-0.4, -0.2) is 44.8 Å². The maximum Gasteiger partial charge on any atom is 0.359 e. The third kappa shape index (κ3) is 3.53. The van der Waals surface area contributed by atoms with Crippen molar-refractivity contribution in [3.63, 3.8) is 0 Å². The summed E-state index contributed by atoms with van der Waals surface area (Å²) >= 11 is 0. The lowest BCUT2D eigenvalue weighted by Gasteiger charge is -2.11. The number of H-pyrrole nitrogens is 1. The van der Waals surface area contributed by atoms with Crippen LogP contribution in [-0.2, 0) is 9.47 Å². The summed E-state index contributed by atoms with van der Waals surface area (Å²) in [7, 11) is 0. The number of carbonyl (C=O) groups excluding carboxylic acids is 3. The average Bonchev–Trinajstić information content (AvgIpc) is 3.22. The Morgan fingerprint density at radius 3 is 2.64 bits per heavy atom. The molecule has 0 aliphatic heterocycles. The zero-order valence-corrected chi connectivity index (χ0v) is 16.1. The van der Waals surface area contributed by atoms with Crippen molar-refractivity contribution in [1.29, 1.82) is 0 Å². The molecule has 3 aromatic heterocycles. The molecule has 28 heavy (non-hydrogen) atoms. The molecule has 3 heterocycles. The lowest BCUT2D eigenvalue weighted by molar-refractivity contribution is 0.0311. The first-order valence-corrected chi connectivity index (χ1v) is 8.88. The van der Waals surface area contributed by atoms with Gasteiger partial charge in [-0.15, -0.1) is 0 Å². The molecule has 0 radical (unpaired) electrons. The van der Waals surface area contributed by atoms with Crippen molar-refractivity contribution in [3.8, 4) is 0 Å². The van der Waals surface area contributed by atoms with Gasteiger partial charge in [-0.2, -0.15) is 0 Å². The summed E-state index contributed by atoms with van der Waals surface area (Å²) in [6, 6.07) is 5.38. The smallest absolute Gasteiger partial charge is 0.359 e. The predicted molar refractivity (Wildman–Crippen MR) is 101 cm³/mol. The number of aromatic amines is 1. The molecule has 0 saturated heterocycles. The Kier molecular flexibility index (Phi) is 5.30. The highest BCUT2D eigenvalue weighted by molar-refractivity contribution is 6.04. The van der Waals surface area contributed by atoms with E-state index in [2.05, 4.69) is 9.97 Å². The summed E-state index contributed by atoms with van der Waals surface area (Å²) in [5.74, 6) is -1.63. The van der Waals surface area contributed by atoms with Gasteiger partial charge in [0.1, 0.15) is 5.65 Å². The van der Waals surface area contributed by atoms with Gasteiger partial charge in [0.15, 0.2) is 11.8 Å². The van der Waals surface area contributed by atoms with Crippen LogP contribution in [0.4, 0.5) is 0 Å². The summed E-state index contributed by atoms with van der Waals surface area (Å²) in [5.41, 5.74) is 2.25. The van der Waals surface area contributed by atoms with Gasteiger partial charge >= 0.3 is 11.9 Å². The number of Topliss-reactive ketones (excluding diaryl/α,β-unsaturated/α-hetero) is 1. The lowest BCUT2D eigenvalue weighted by Crippen LogP contribution is -2.25. The molecule has 0 amide bonds. The second-order valence-electron chi connectivity index (χ2n) is 6.35. The van der Waals surface area contributed by atoms with E-state index in [9.17, 15) is 14.4 Å². The van der Waals surface area contributed by atoms with Gasteiger partial charge in [0, 0.05) is 18.1 Å². The van der Waals surface area contributed by atoms with Gasteiger partial charge in [-0.25, -0.2) is 14.6 Å². The monoisotopic (exact) mass is 383 g/mol. The SMILES string of the molecule is CCOC(=O)c1c(C)[nH]c(C(=O)[C@H](C)OC(=O)c2cn3ccccc3n2)c1C. The van der Waals surface area contributed by atoms with Gasteiger partial charge in [0.05, 0.1) is 17.9 Å². The Morgan fingerprint density at radius 2 is 1.96 bits per heavy atom. The Labute approximate surface area is 161 Å². The molecule has 0 aliphatic rings. The number of aryl methyl sites for hydroxylation is 1. The van der Waals surface area contributed by atoms with Crippen molar-refractivity contribution in [2.24, 2.45) is 0 Å². The Balaban J connectivity index is 1.78. The van der Waals surface area contributed by atoms with Crippen molar-refractivity contribution >= 4 is 23.4 Å². The molecule has 8 nitrogen and oxygen atoms in total. The van der Waals surface area contributed by atoms with E-state index < -0.39 is 23.8 Å². The van der Waals surface area contributed by atoms with Crippen LogP contribution in [0.3, 0.4) is 0 Å². The number of nitrogens with one attached hydrogen (secondary N) is 1. The highest BCUT2D eigenvalue weighted by atomic mass is 16.5. The largest absolute Gasteiger partial charge is 0.462 e. The standard InChI is InChI=1S/C20H21N3O5/c1-5-27-20(26)16-11(2)17(21-12(16)3)18(24)13(4)28-19(25)14-10-23-9-7-6-8-15(23)22-14/h6-10,13,21H,5H2,1-4H3/t13-/m0/s1. The normalized spacial score (nSPS) is 12.0. The number of imidazole rings is 1. The number of aromatic nitrogens is 3. The average molecular weight is 383 g/mol. The third-order valence-corrected chi connectivity index (χ3v) is 4.39. The molecule has 3 rings (SSSR count). The van der Waals surface area contributed by atoms with Crippen LogP contribution < -0.4 is 0 Å². The number of carbonyl (C=O) groups is 3. The minimum atomic E-state index is -1.05. The summed E-state index contributed by atoms with van der Waals surface area (Å²) < 4.78 is 12.0. The first-order chi connectivity index (χ1) is 13.3. The topological polar surface area (TPSA) is 103 Å². The van der Waals surface area contributed by atoms with Crippen LogP contribution in [0.2, 0.25) is 0 Å². The van der Waals surface area contributed by atoms with Crippen LogP contribution in [0.25, 0.3) is 5.65 Å². The van der Waals surface area contributed by atoms with E-state index in [1.807, 2.05) is 6.07 Å². The fourth-order valence-corrected chi connectivity index (χ4v) is 3.02. The van der Waals surface area contributed by atoms with Crippen molar-refractivity contribution in [3.05, 3.63) is 58.8 Å². The number of esters is 2. The third-order valence-electron chi connectivity index (χ3n) is 4.39. The van der Waals surface area contributed by atoms with E-state index in [0.717, 1.165) is 0 Å². The molecule has 1 N–H and O–H groups in total. The summed E-state index contributed by atoms with van der Waals surface area (Å²) in [5, 5.41) is 0. The maximum atomic E-state index is 12.8. The quantitative estimate of drug-likeness (QED) is 0.519. The zero-order valence-electron chi connectivity index (χ0n) is 16.1. The molecule has 0 spiro atoms. The fourth-order valence-electron chi connectivity index (χ4n) is 3.02. The number of hydrogen-bond acceptors (Lipinski definition) is 6. The Bertz CT molecular complexity index is 1030. The molecule has 1 atom stereocenters. The van der Waals surface area contributed by atoms with Gasteiger partial charge in [-0.05, 0) is 45.4 Å². The van der Waals surface area contributed by atoms with Crippen LogP contribution >= 0.6 is 0 Å². The van der Waals surface area contributed by atoms with Gasteiger partial charge in [-0.3, -0.25) is 4.79 Å². The van der Waals surface area contributed by atoms with Crippen molar-refractivity contribution in [2.45, 2.75) is 33.8 Å². The molecule has 0 aromatic carbocycles. The summed E-state index contributed by atoms with van der Waals surface area (Å²) in [6.07, 6.45) is 2.25. The Morgan fingerprint density at radius 1 is 1.21 bits per heavy atom. The van der Waals surface area contributed by atoms with Crippen molar-refractivity contribution in [2.75, 3.05) is 6.61 Å². The molecule has 8 heteroatoms. The number of hydrogen-bond donors (Lipinski definition) is 1. The van der Waals surface area contributed by atoms with Crippen molar-refractivity contribution in [1.82, 2.24) is 14.4 Å². The molecule has 146 valence electrons. The molecule has 0 saturated carbocycles. The highest BCUT2D eigenvalue weighted by Gasteiger charge is 2.28. The summed E-state index contributed by atoms with van der Waals surface area (Å²) in [6.45, 7) is 6.76. The Hall–Kier alpha value is -3.42. The minimum Gasteiger partial charge on any atom is -0.462 e. The van der Waals surface area contributed by atoms with E-state index in [1.165, 1.54) is 13.1 Å². The second-order valence-corrected chi connectivity index (χ2v) is 6.35. The number of rotatable bonds is 6. The molecule has 0 bridgehead atoms. The second kappa shape index (κ2) is 7.67. The molecule has 0 unspecified atom stereocenters. The van der Waals surface area contributed by atoms with Crippen LogP contribution in [0.1, 0.15) is 56.4 Å². The molecule has 0 aliphatic carbocycles. The van der Waals surface area contributed by atoms with Gasteiger partial charge in [0.25, 0.3) is 0 Å². The number of nitrogens with zero attached hydrogens (tertiary/aromatic N) is 2. The van der Waals surface area contributed by atoms with Crippen LogP contribution in [0.15, 0.2) is 30.6 Å². The minimum absolute atomic E-state index is 0.109. The first kappa shape index (κ1) is 19.3.